The van der Waals surface area contributed by atoms with Crippen LogP contribution in [0.25, 0.3) is 0 Å². The minimum atomic E-state index is -0.293. The number of nitrogens with one attached hydrogen (secondary N) is 1. The number of ether oxygens (including phenoxy) is 1. The van der Waals surface area contributed by atoms with Crippen LogP contribution in [0.3, 0.4) is 0 Å². The summed E-state index contributed by atoms with van der Waals surface area (Å²) in [5.41, 5.74) is 1.67. The molecule has 1 aromatic heterocycles. The van der Waals surface area contributed by atoms with Crippen LogP contribution in [0.5, 0.6) is 0 Å². The predicted molar refractivity (Wildman–Crippen MR) is 60.1 cm³/mol. The lowest BCUT2D eigenvalue weighted by Gasteiger charge is -2.12. The molecule has 0 saturated heterocycles. The summed E-state index contributed by atoms with van der Waals surface area (Å²) >= 11 is 2.96. The van der Waals surface area contributed by atoms with Crippen LogP contribution in [0.2, 0.25) is 0 Å². The van der Waals surface area contributed by atoms with Crippen molar-refractivity contribution >= 4 is 29.1 Å². The van der Waals surface area contributed by atoms with E-state index >= 15 is 0 Å². The summed E-state index contributed by atoms with van der Waals surface area (Å²) in [6, 6.07) is -0.293. The molecule has 5 nitrogen and oxygen atoms in total. The number of aromatic nitrogens is 2. The normalized spacial score (nSPS) is 12.4. The summed E-state index contributed by atoms with van der Waals surface area (Å²) in [5.74, 6) is 0.377. The molecule has 0 radical (unpaired) electrons. The van der Waals surface area contributed by atoms with Crippen molar-refractivity contribution in [3.8, 4) is 0 Å². The molecule has 1 atom stereocenters. The molecule has 1 heterocycles. The van der Waals surface area contributed by atoms with E-state index in [9.17, 15) is 4.79 Å². The fourth-order valence-corrected chi connectivity index (χ4v) is 2.49. The molecule has 0 aliphatic heterocycles. The van der Waals surface area contributed by atoms with Gasteiger partial charge in [-0.1, -0.05) is 23.1 Å². The third-order valence-corrected chi connectivity index (χ3v) is 3.59. The van der Waals surface area contributed by atoms with Crippen molar-refractivity contribution in [1.29, 1.82) is 0 Å². The first-order valence-corrected chi connectivity index (χ1v) is 6.37. The van der Waals surface area contributed by atoms with Crippen molar-refractivity contribution in [2.75, 3.05) is 19.4 Å². The Morgan fingerprint density at radius 1 is 1.80 bits per heavy atom. The summed E-state index contributed by atoms with van der Waals surface area (Å²) in [6.07, 6.45) is 0. The molecule has 1 N–H and O–H groups in total. The molecule has 1 unspecified atom stereocenters. The lowest BCUT2D eigenvalue weighted by atomic mass is 10.3. The van der Waals surface area contributed by atoms with Gasteiger partial charge >= 0.3 is 5.97 Å². The average Bonchev–Trinajstić information content (AvgIpc) is 2.72. The highest BCUT2D eigenvalue weighted by molar-refractivity contribution is 8.01. The molecular formula is C8H13N3O2S2. The van der Waals surface area contributed by atoms with E-state index in [1.165, 1.54) is 23.1 Å². The second-order valence-electron chi connectivity index (χ2n) is 2.61. The Morgan fingerprint density at radius 2 is 2.60 bits per heavy atom. The van der Waals surface area contributed by atoms with Crippen LogP contribution < -0.4 is 5.32 Å². The van der Waals surface area contributed by atoms with Crippen LogP contribution in [-0.2, 0) is 9.53 Å². The van der Waals surface area contributed by atoms with Crippen LogP contribution in [-0.4, -0.2) is 41.6 Å². The van der Waals surface area contributed by atoms with Crippen molar-refractivity contribution in [3.63, 3.8) is 0 Å². The van der Waals surface area contributed by atoms with Gasteiger partial charge in [-0.15, -0.1) is 10.2 Å². The van der Waals surface area contributed by atoms with Gasteiger partial charge in [0.05, 0.1) is 6.61 Å². The molecule has 84 valence electrons. The van der Waals surface area contributed by atoms with Gasteiger partial charge in [0, 0.05) is 5.75 Å². The van der Waals surface area contributed by atoms with Gasteiger partial charge < -0.3 is 10.1 Å². The van der Waals surface area contributed by atoms with E-state index in [0.29, 0.717) is 12.4 Å². The van der Waals surface area contributed by atoms with Crippen LogP contribution in [0.1, 0.15) is 6.92 Å². The van der Waals surface area contributed by atoms with Crippen molar-refractivity contribution < 1.29 is 9.53 Å². The summed E-state index contributed by atoms with van der Waals surface area (Å²) < 4.78 is 5.78. The Hall–Kier alpha value is -0.660. The highest BCUT2D eigenvalue weighted by Gasteiger charge is 2.18. The molecule has 7 heteroatoms. The first kappa shape index (κ1) is 12.4. The van der Waals surface area contributed by atoms with Crippen LogP contribution in [0, 0.1) is 0 Å². The number of hydrogen-bond donors (Lipinski definition) is 1. The maximum absolute atomic E-state index is 11.4. The molecular weight excluding hydrogens is 234 g/mol. The molecule has 1 rings (SSSR count). The Labute approximate surface area is 96.6 Å². The molecule has 0 aliphatic rings. The fraction of sp³-hybridized carbons (Fsp3) is 0.625. The Bertz CT molecular complexity index is 292. The van der Waals surface area contributed by atoms with Crippen molar-refractivity contribution in [2.45, 2.75) is 17.3 Å². The molecule has 0 spiro atoms. The first-order valence-electron chi connectivity index (χ1n) is 4.50. The third-order valence-electron chi connectivity index (χ3n) is 1.63. The van der Waals surface area contributed by atoms with E-state index in [1.54, 1.807) is 19.5 Å². The number of rotatable bonds is 6. The van der Waals surface area contributed by atoms with Crippen LogP contribution >= 0.6 is 23.1 Å². The highest BCUT2D eigenvalue weighted by atomic mass is 32.2. The summed E-state index contributed by atoms with van der Waals surface area (Å²) in [6.45, 7) is 2.20. The quantitative estimate of drug-likeness (QED) is 0.592. The molecule has 0 aromatic carbocycles. The number of carbonyl (C=O) groups excluding carboxylic acids is 1. The highest BCUT2D eigenvalue weighted by Crippen LogP contribution is 2.19. The van der Waals surface area contributed by atoms with E-state index in [-0.39, 0.29) is 12.0 Å². The summed E-state index contributed by atoms with van der Waals surface area (Å²) in [4.78, 5) is 11.4. The maximum atomic E-state index is 11.4. The molecule has 1 aromatic rings. The molecule has 0 aliphatic carbocycles. The zero-order chi connectivity index (χ0) is 11.1. The van der Waals surface area contributed by atoms with Crippen molar-refractivity contribution in [2.24, 2.45) is 0 Å². The van der Waals surface area contributed by atoms with Gasteiger partial charge in [-0.2, -0.15) is 0 Å². The number of esters is 1. The number of hydrogen-bond acceptors (Lipinski definition) is 7. The fourth-order valence-electron chi connectivity index (χ4n) is 0.893. The van der Waals surface area contributed by atoms with E-state index < -0.39 is 0 Å². The first-order chi connectivity index (χ1) is 7.27. The van der Waals surface area contributed by atoms with Crippen LogP contribution in [0.15, 0.2) is 9.85 Å². The van der Waals surface area contributed by atoms with Gasteiger partial charge in [0.1, 0.15) is 11.6 Å². The van der Waals surface area contributed by atoms with Gasteiger partial charge in [-0.05, 0) is 14.0 Å². The largest absolute Gasteiger partial charge is 0.465 e. The van der Waals surface area contributed by atoms with E-state index in [1.807, 2.05) is 0 Å². The topological polar surface area (TPSA) is 64.1 Å². The zero-order valence-electron chi connectivity index (χ0n) is 8.60. The lowest BCUT2D eigenvalue weighted by molar-refractivity contribution is -0.144. The number of nitrogens with zero attached hydrogens (tertiary/aromatic N) is 2. The summed E-state index contributed by atoms with van der Waals surface area (Å²) in [5, 5.41) is 10.5. The van der Waals surface area contributed by atoms with Gasteiger partial charge in [0.2, 0.25) is 0 Å². The summed E-state index contributed by atoms with van der Waals surface area (Å²) in [7, 11) is 1.74. The molecule has 15 heavy (non-hydrogen) atoms. The molecule has 0 fully saturated rings. The van der Waals surface area contributed by atoms with Crippen molar-refractivity contribution in [3.05, 3.63) is 5.51 Å². The molecule has 0 saturated carbocycles. The van der Waals surface area contributed by atoms with E-state index in [2.05, 4.69) is 15.5 Å². The SMILES string of the molecule is CCOC(=O)C(CSc1nncs1)NC. The monoisotopic (exact) mass is 247 g/mol. The number of thioether (sulfide) groups is 1. The van der Waals surface area contributed by atoms with Gasteiger partial charge in [0.25, 0.3) is 0 Å². The van der Waals surface area contributed by atoms with E-state index in [0.717, 1.165) is 4.34 Å². The molecule has 0 amide bonds. The Morgan fingerprint density at radius 3 is 3.13 bits per heavy atom. The van der Waals surface area contributed by atoms with Gasteiger partial charge in [-0.25, -0.2) is 0 Å². The smallest absolute Gasteiger partial charge is 0.323 e. The maximum Gasteiger partial charge on any atom is 0.323 e. The Kier molecular flexibility index (Phi) is 5.59. The standard InChI is InChI=1S/C8H13N3O2S2/c1-3-13-7(12)6(9-2)4-14-8-11-10-5-15-8/h5-6,9H,3-4H2,1-2H3. The number of carbonyl (C=O) groups is 1. The van der Waals surface area contributed by atoms with Gasteiger partial charge in [-0.3, -0.25) is 4.79 Å². The van der Waals surface area contributed by atoms with E-state index in [4.69, 9.17) is 4.74 Å². The number of likely N-dealkylation sites (N-methyl/N-ethyl adjacent to an activating group) is 1. The third kappa shape index (κ3) is 4.15. The predicted octanol–water partition coefficient (Wildman–Crippen LogP) is 0.781. The van der Waals surface area contributed by atoms with Crippen LogP contribution in [0.4, 0.5) is 0 Å². The zero-order valence-corrected chi connectivity index (χ0v) is 10.2. The minimum Gasteiger partial charge on any atom is -0.465 e. The van der Waals surface area contributed by atoms with Crippen molar-refractivity contribution in [1.82, 2.24) is 15.5 Å². The average molecular weight is 247 g/mol. The second kappa shape index (κ2) is 6.76. The second-order valence-corrected chi connectivity index (χ2v) is 4.71. The lowest BCUT2D eigenvalue weighted by Crippen LogP contribution is -2.37. The Balaban J connectivity index is 2.37. The van der Waals surface area contributed by atoms with Gasteiger partial charge in [0.15, 0.2) is 4.34 Å². The minimum absolute atomic E-state index is 0.225. The molecule has 0 bridgehead atoms.